The molecule has 0 aliphatic heterocycles. The molecule has 4 rings (SSSR count). The van der Waals surface area contributed by atoms with Crippen LogP contribution in [0.25, 0.3) is 0 Å². The molecule has 0 aliphatic rings. The van der Waals surface area contributed by atoms with E-state index in [9.17, 15) is 0 Å². The van der Waals surface area contributed by atoms with Crippen LogP contribution in [0.2, 0.25) is 0 Å². The van der Waals surface area contributed by atoms with Gasteiger partial charge in [0.1, 0.15) is 37.9 Å². The minimum atomic E-state index is 0. The number of aryl methyl sites for hydroxylation is 2. The molecular formula is C34H52Br2N6. The average molecular weight is 705 g/mol. The van der Waals surface area contributed by atoms with E-state index >= 15 is 0 Å². The Hall–Kier alpha value is -2.19. The van der Waals surface area contributed by atoms with Gasteiger partial charge in [-0.05, 0) is 48.4 Å². The van der Waals surface area contributed by atoms with Crippen LogP contribution in [0.5, 0.6) is 0 Å². The van der Waals surface area contributed by atoms with Gasteiger partial charge < -0.3 is 38.5 Å². The number of aromatic nitrogens is 6. The molecule has 0 bridgehead atoms. The zero-order valence-electron chi connectivity index (χ0n) is 25.9. The summed E-state index contributed by atoms with van der Waals surface area (Å²) < 4.78 is 11.5. The number of imidazole rings is 3. The summed E-state index contributed by atoms with van der Waals surface area (Å²) in [7, 11) is 0. The molecule has 0 spiro atoms. The van der Waals surface area contributed by atoms with Crippen LogP contribution in [0.15, 0.2) is 74.4 Å². The fourth-order valence-electron chi connectivity index (χ4n) is 5.60. The summed E-state index contributed by atoms with van der Waals surface area (Å²) in [4.78, 5) is 4.24. The average Bonchev–Trinajstić information content (AvgIpc) is 3.72. The smallest absolute Gasteiger partial charge is 0.244 e. The second-order valence-corrected chi connectivity index (χ2v) is 11.6. The third kappa shape index (κ3) is 13.0. The molecular weight excluding hydrogens is 652 g/mol. The highest BCUT2D eigenvalue weighted by Crippen LogP contribution is 2.13. The Morgan fingerprint density at radius 3 is 1.52 bits per heavy atom. The van der Waals surface area contributed by atoms with E-state index in [4.69, 9.17) is 0 Å². The van der Waals surface area contributed by atoms with Gasteiger partial charge in [-0.25, -0.2) is 23.3 Å². The lowest BCUT2D eigenvalue weighted by atomic mass is 10.0. The Balaban J connectivity index is 0.00000308. The topological polar surface area (TPSA) is 35.4 Å². The minimum absolute atomic E-state index is 0. The fraction of sp³-hybridized carbons (Fsp3) is 0.559. The van der Waals surface area contributed by atoms with E-state index in [0.717, 1.165) is 32.7 Å². The normalized spacial score (nSPS) is 10.9. The Labute approximate surface area is 275 Å². The molecule has 3 heterocycles. The van der Waals surface area contributed by atoms with Crippen molar-refractivity contribution < 1.29 is 43.1 Å². The predicted octanol–water partition coefficient (Wildman–Crippen LogP) is 0.935. The third-order valence-corrected chi connectivity index (χ3v) is 7.80. The second-order valence-electron chi connectivity index (χ2n) is 11.6. The van der Waals surface area contributed by atoms with Gasteiger partial charge in [0, 0.05) is 18.9 Å². The summed E-state index contributed by atoms with van der Waals surface area (Å²) in [6.45, 7) is 9.39. The van der Waals surface area contributed by atoms with Gasteiger partial charge in [-0.15, -0.1) is 0 Å². The van der Waals surface area contributed by atoms with Gasteiger partial charge in [0.05, 0.1) is 19.4 Å². The molecule has 0 unspecified atom stereocenters. The highest BCUT2D eigenvalue weighted by atomic mass is 79.9. The highest BCUT2D eigenvalue weighted by Gasteiger charge is 2.11. The van der Waals surface area contributed by atoms with E-state index in [1.807, 2.05) is 18.7 Å². The highest BCUT2D eigenvalue weighted by molar-refractivity contribution is 5.29. The van der Waals surface area contributed by atoms with Crippen molar-refractivity contribution in [2.24, 2.45) is 0 Å². The minimum Gasteiger partial charge on any atom is -1.00 e. The van der Waals surface area contributed by atoms with Crippen LogP contribution in [0, 0.1) is 0 Å². The van der Waals surface area contributed by atoms with Gasteiger partial charge in [0.15, 0.2) is 0 Å². The van der Waals surface area contributed by atoms with Gasteiger partial charge in [-0.1, -0.05) is 77.3 Å². The summed E-state index contributed by atoms with van der Waals surface area (Å²) in [6, 6.07) is 7.10. The van der Waals surface area contributed by atoms with Crippen molar-refractivity contribution in [2.75, 3.05) is 0 Å². The first-order chi connectivity index (χ1) is 19.7. The lowest BCUT2D eigenvalue weighted by molar-refractivity contribution is -0.688. The molecule has 6 nitrogen and oxygen atoms in total. The van der Waals surface area contributed by atoms with Gasteiger partial charge in [0.25, 0.3) is 0 Å². The van der Waals surface area contributed by atoms with Crippen LogP contribution in [-0.4, -0.2) is 18.7 Å². The number of nitrogens with zero attached hydrogens (tertiary/aromatic N) is 6. The van der Waals surface area contributed by atoms with Crippen molar-refractivity contribution in [1.82, 2.24) is 18.7 Å². The van der Waals surface area contributed by atoms with E-state index < -0.39 is 0 Å². The monoisotopic (exact) mass is 702 g/mol. The summed E-state index contributed by atoms with van der Waals surface area (Å²) in [5, 5.41) is 0. The molecule has 0 N–H and O–H groups in total. The molecule has 0 radical (unpaired) electrons. The fourth-order valence-corrected chi connectivity index (χ4v) is 5.60. The lowest BCUT2D eigenvalue weighted by Crippen LogP contribution is -3.00. The van der Waals surface area contributed by atoms with Gasteiger partial charge in [-0.2, -0.15) is 0 Å². The van der Waals surface area contributed by atoms with E-state index in [1.54, 1.807) is 0 Å². The van der Waals surface area contributed by atoms with Crippen molar-refractivity contribution in [3.63, 3.8) is 0 Å². The standard InChI is InChI=1S/C34H52N6.2BrH/c1-3-5-7-9-11-13-16-36-19-21-39(30-36)27-33-23-32(26-38-18-15-35-29-38)24-34(25-33)28-40-22-20-37(31-40)17-14-12-10-8-6-4-2;;/h15,18-25,29-31H,3-14,16-17,26-28H2,1-2H3;2*1H/q+2;;/p-2. The number of hydrogen-bond donors (Lipinski definition) is 0. The molecule has 42 heavy (non-hydrogen) atoms. The first-order valence-electron chi connectivity index (χ1n) is 15.9. The first-order valence-corrected chi connectivity index (χ1v) is 15.9. The van der Waals surface area contributed by atoms with Crippen LogP contribution in [0.3, 0.4) is 0 Å². The summed E-state index contributed by atoms with van der Waals surface area (Å²) in [5.74, 6) is 0. The van der Waals surface area contributed by atoms with Crippen molar-refractivity contribution in [1.29, 1.82) is 0 Å². The predicted molar refractivity (Wildman–Crippen MR) is 162 cm³/mol. The molecule has 8 heteroatoms. The zero-order chi connectivity index (χ0) is 27.8. The van der Waals surface area contributed by atoms with E-state index in [-0.39, 0.29) is 34.0 Å². The van der Waals surface area contributed by atoms with Crippen molar-refractivity contribution in [3.8, 4) is 0 Å². The van der Waals surface area contributed by atoms with Crippen LogP contribution in [0.4, 0.5) is 0 Å². The number of rotatable bonds is 20. The van der Waals surface area contributed by atoms with Gasteiger partial charge >= 0.3 is 0 Å². The lowest BCUT2D eigenvalue weighted by Gasteiger charge is -2.09. The number of unbranched alkanes of at least 4 members (excludes halogenated alkanes) is 10. The summed E-state index contributed by atoms with van der Waals surface area (Å²) in [5.41, 5.74) is 4.02. The maximum Gasteiger partial charge on any atom is 0.244 e. The summed E-state index contributed by atoms with van der Waals surface area (Å²) in [6.07, 6.45) is 35.3. The number of hydrogen-bond acceptors (Lipinski definition) is 1. The van der Waals surface area contributed by atoms with E-state index in [2.05, 4.69) is 97.3 Å². The largest absolute Gasteiger partial charge is 1.00 e. The second kappa shape index (κ2) is 20.7. The molecule has 1 aromatic carbocycles. The quantitative estimate of drug-likeness (QED) is 0.0998. The first kappa shape index (κ1) is 36.0. The van der Waals surface area contributed by atoms with Crippen molar-refractivity contribution in [3.05, 3.63) is 91.1 Å². The van der Waals surface area contributed by atoms with Crippen LogP contribution in [0.1, 0.15) is 108 Å². The molecule has 0 saturated carbocycles. The maximum atomic E-state index is 4.24. The molecule has 0 amide bonds. The van der Waals surface area contributed by atoms with Gasteiger partial charge in [0.2, 0.25) is 12.7 Å². The van der Waals surface area contributed by atoms with E-state index in [0.29, 0.717) is 0 Å². The van der Waals surface area contributed by atoms with Crippen LogP contribution in [-0.2, 0) is 32.7 Å². The maximum absolute atomic E-state index is 4.24. The Morgan fingerprint density at radius 1 is 0.571 bits per heavy atom. The van der Waals surface area contributed by atoms with Crippen LogP contribution < -0.4 is 43.1 Å². The summed E-state index contributed by atoms with van der Waals surface area (Å²) >= 11 is 0. The number of halogens is 2. The number of benzene rings is 1. The Bertz CT molecular complexity index is 1160. The van der Waals surface area contributed by atoms with E-state index in [1.165, 1.54) is 93.7 Å². The molecule has 232 valence electrons. The zero-order valence-corrected chi connectivity index (χ0v) is 29.1. The molecule has 0 aliphatic carbocycles. The van der Waals surface area contributed by atoms with Crippen LogP contribution >= 0.6 is 0 Å². The molecule has 4 aromatic rings. The Kier molecular flexibility index (Phi) is 17.7. The van der Waals surface area contributed by atoms with Crippen molar-refractivity contribution >= 4 is 0 Å². The Morgan fingerprint density at radius 2 is 1.05 bits per heavy atom. The van der Waals surface area contributed by atoms with Gasteiger partial charge in [-0.3, -0.25) is 0 Å². The SMILES string of the molecule is CCCCCCCCn1cc[n+](Cc2cc(Cn3ccnc3)cc(C[n+]3ccn(CCCCCCCC)c3)c2)c1.[Br-].[Br-]. The molecule has 0 atom stereocenters. The molecule has 3 aromatic heterocycles. The molecule has 0 fully saturated rings. The van der Waals surface area contributed by atoms with Crippen molar-refractivity contribution in [2.45, 2.75) is 124 Å². The molecule has 0 saturated heterocycles. The third-order valence-electron chi connectivity index (χ3n) is 7.80.